The van der Waals surface area contributed by atoms with E-state index < -0.39 is 0 Å². The second kappa shape index (κ2) is 7.66. The summed E-state index contributed by atoms with van der Waals surface area (Å²) in [6, 6.07) is 17.2. The van der Waals surface area contributed by atoms with Gasteiger partial charge in [-0.25, -0.2) is 0 Å². The number of halogens is 3. The largest absolute Gasteiger partial charge is 0.323 e. The molecule has 0 aliphatic carbocycles. The van der Waals surface area contributed by atoms with Crippen LogP contribution in [0, 0.1) is 0 Å². The molecule has 3 aromatic rings. The summed E-state index contributed by atoms with van der Waals surface area (Å²) in [5.74, 6) is 0.0718. The molecule has 0 aliphatic heterocycles. The molecular formula is C18H12Cl3NOS. The number of nitrogens with one attached hydrogen (secondary N) is 1. The number of thioether (sulfide) groups is 1. The van der Waals surface area contributed by atoms with E-state index in [1.165, 1.54) is 11.8 Å². The maximum atomic E-state index is 12.2. The Bertz CT molecular complexity index is 885. The minimum atomic E-state index is -0.181. The maximum absolute atomic E-state index is 12.2. The number of carbonyl (C=O) groups excluding carboxylic acids is 1. The number of fused-ring (bicyclic) bond motifs is 1. The number of hydrogen-bond acceptors (Lipinski definition) is 2. The minimum absolute atomic E-state index is 0.181. The van der Waals surface area contributed by atoms with Crippen molar-refractivity contribution >= 4 is 68.9 Å². The summed E-state index contributed by atoms with van der Waals surface area (Å²) < 4.78 is 0. The van der Waals surface area contributed by atoms with Crippen molar-refractivity contribution in [2.45, 2.75) is 4.90 Å². The molecule has 0 heterocycles. The number of amides is 1. The van der Waals surface area contributed by atoms with Crippen molar-refractivity contribution in [1.82, 2.24) is 0 Å². The van der Waals surface area contributed by atoms with Crippen molar-refractivity contribution in [2.24, 2.45) is 0 Å². The summed E-state index contributed by atoms with van der Waals surface area (Å²) >= 11 is 19.5. The third-order valence-electron chi connectivity index (χ3n) is 3.38. The van der Waals surface area contributed by atoms with Crippen LogP contribution in [0.5, 0.6) is 0 Å². The molecule has 1 N–H and O–H groups in total. The highest BCUT2D eigenvalue weighted by Crippen LogP contribution is 2.34. The summed E-state index contributed by atoms with van der Waals surface area (Å²) in [5, 5.41) is 6.07. The van der Waals surface area contributed by atoms with Crippen molar-refractivity contribution < 1.29 is 4.79 Å². The van der Waals surface area contributed by atoms with Gasteiger partial charge in [0, 0.05) is 9.92 Å². The average molecular weight is 397 g/mol. The number of rotatable bonds is 4. The molecule has 3 aromatic carbocycles. The molecule has 0 atom stereocenters. The third kappa shape index (κ3) is 3.98. The maximum Gasteiger partial charge on any atom is 0.234 e. The lowest BCUT2D eigenvalue weighted by Crippen LogP contribution is -2.14. The lowest BCUT2D eigenvalue weighted by atomic mass is 10.1. The van der Waals surface area contributed by atoms with Gasteiger partial charge >= 0.3 is 0 Å². The van der Waals surface area contributed by atoms with E-state index in [1.54, 1.807) is 12.1 Å². The Morgan fingerprint density at radius 3 is 2.38 bits per heavy atom. The molecule has 0 saturated carbocycles. The van der Waals surface area contributed by atoms with Crippen LogP contribution in [0.25, 0.3) is 10.8 Å². The normalized spacial score (nSPS) is 10.8. The zero-order chi connectivity index (χ0) is 17.1. The predicted molar refractivity (Wildman–Crippen MR) is 105 cm³/mol. The first kappa shape index (κ1) is 17.4. The van der Waals surface area contributed by atoms with E-state index in [-0.39, 0.29) is 11.7 Å². The number of benzene rings is 3. The number of carbonyl (C=O) groups is 1. The van der Waals surface area contributed by atoms with Gasteiger partial charge in [0.05, 0.1) is 21.5 Å². The lowest BCUT2D eigenvalue weighted by Gasteiger charge is -2.10. The van der Waals surface area contributed by atoms with Gasteiger partial charge in [-0.15, -0.1) is 11.8 Å². The van der Waals surface area contributed by atoms with Crippen LogP contribution < -0.4 is 5.32 Å². The molecule has 6 heteroatoms. The van der Waals surface area contributed by atoms with Gasteiger partial charge in [-0.05, 0) is 29.0 Å². The number of anilines is 1. The van der Waals surface area contributed by atoms with Crippen molar-refractivity contribution in [2.75, 3.05) is 11.1 Å². The van der Waals surface area contributed by atoms with Crippen LogP contribution in [0.15, 0.2) is 59.5 Å². The molecule has 0 spiro atoms. The van der Waals surface area contributed by atoms with Gasteiger partial charge in [0.15, 0.2) is 0 Å². The van der Waals surface area contributed by atoms with Gasteiger partial charge in [-0.2, -0.15) is 0 Å². The Hall–Kier alpha value is -1.39. The summed E-state index contributed by atoms with van der Waals surface area (Å²) in [5.41, 5.74) is 0.381. The molecule has 122 valence electrons. The molecule has 3 rings (SSSR count). The fourth-order valence-electron chi connectivity index (χ4n) is 2.30. The fourth-order valence-corrected chi connectivity index (χ4v) is 4.09. The van der Waals surface area contributed by atoms with E-state index in [1.807, 2.05) is 42.5 Å². The average Bonchev–Trinajstić information content (AvgIpc) is 2.56. The first-order valence-corrected chi connectivity index (χ1v) is 9.21. The molecule has 0 saturated heterocycles. The van der Waals surface area contributed by atoms with Gasteiger partial charge in [0.25, 0.3) is 0 Å². The molecule has 0 fully saturated rings. The second-order valence-corrected chi connectivity index (χ2v) is 7.33. The first-order chi connectivity index (χ1) is 11.5. The Kier molecular flexibility index (Phi) is 5.57. The molecule has 1 amide bonds. The Morgan fingerprint density at radius 1 is 0.958 bits per heavy atom. The third-order valence-corrected chi connectivity index (χ3v) is 5.27. The molecule has 0 unspecified atom stereocenters. The van der Waals surface area contributed by atoms with Crippen molar-refractivity contribution in [3.63, 3.8) is 0 Å². The SMILES string of the molecule is O=C(CSc1cccc2ccccc12)Nc1c(Cl)cc(Cl)cc1Cl. The van der Waals surface area contributed by atoms with Gasteiger partial charge in [0.2, 0.25) is 5.91 Å². The highest BCUT2D eigenvalue weighted by molar-refractivity contribution is 8.00. The van der Waals surface area contributed by atoms with Crippen LogP contribution in [0.3, 0.4) is 0 Å². The summed E-state index contributed by atoms with van der Waals surface area (Å²) in [4.78, 5) is 13.3. The Balaban J connectivity index is 1.72. The standard InChI is InChI=1S/C18H12Cl3NOS/c19-12-8-14(20)18(15(21)9-12)22-17(23)10-24-16-7-3-5-11-4-1-2-6-13(11)16/h1-9H,10H2,(H,22,23). The zero-order valence-corrected chi connectivity index (χ0v) is 15.4. The van der Waals surface area contributed by atoms with Gasteiger partial charge in [-0.3, -0.25) is 4.79 Å². The highest BCUT2D eigenvalue weighted by Gasteiger charge is 2.12. The van der Waals surface area contributed by atoms with Crippen molar-refractivity contribution in [3.8, 4) is 0 Å². The van der Waals surface area contributed by atoms with Crippen LogP contribution in [-0.4, -0.2) is 11.7 Å². The van der Waals surface area contributed by atoms with Crippen LogP contribution in [0.2, 0.25) is 15.1 Å². The molecule has 24 heavy (non-hydrogen) atoms. The molecule has 0 bridgehead atoms. The van der Waals surface area contributed by atoms with Crippen molar-refractivity contribution in [3.05, 3.63) is 69.7 Å². The fraction of sp³-hybridized carbons (Fsp3) is 0.0556. The summed E-state index contributed by atoms with van der Waals surface area (Å²) in [6.07, 6.45) is 0. The van der Waals surface area contributed by atoms with Crippen molar-refractivity contribution in [1.29, 1.82) is 0 Å². The lowest BCUT2D eigenvalue weighted by molar-refractivity contribution is -0.113. The highest BCUT2D eigenvalue weighted by atomic mass is 35.5. The van der Waals surface area contributed by atoms with Gasteiger partial charge < -0.3 is 5.32 Å². The van der Waals surface area contributed by atoms with E-state index in [0.29, 0.717) is 20.8 Å². The van der Waals surface area contributed by atoms with Crippen LogP contribution in [0.4, 0.5) is 5.69 Å². The van der Waals surface area contributed by atoms with E-state index >= 15 is 0 Å². The van der Waals surface area contributed by atoms with Crippen LogP contribution in [0.1, 0.15) is 0 Å². The molecule has 0 aromatic heterocycles. The van der Waals surface area contributed by atoms with Crippen LogP contribution >= 0.6 is 46.6 Å². The quantitative estimate of drug-likeness (QED) is 0.508. The smallest absolute Gasteiger partial charge is 0.234 e. The molecular weight excluding hydrogens is 385 g/mol. The van der Waals surface area contributed by atoms with E-state index in [9.17, 15) is 4.79 Å². The monoisotopic (exact) mass is 395 g/mol. The van der Waals surface area contributed by atoms with E-state index in [0.717, 1.165) is 15.7 Å². The number of hydrogen-bond donors (Lipinski definition) is 1. The zero-order valence-electron chi connectivity index (χ0n) is 12.4. The van der Waals surface area contributed by atoms with Gasteiger partial charge in [-0.1, -0.05) is 71.2 Å². The second-order valence-electron chi connectivity index (χ2n) is 5.06. The molecule has 0 aliphatic rings. The van der Waals surface area contributed by atoms with E-state index in [2.05, 4.69) is 5.32 Å². The summed E-state index contributed by atoms with van der Waals surface area (Å²) in [7, 11) is 0. The predicted octanol–water partition coefficient (Wildman–Crippen LogP) is 6.53. The topological polar surface area (TPSA) is 29.1 Å². The minimum Gasteiger partial charge on any atom is -0.323 e. The molecule has 2 nitrogen and oxygen atoms in total. The van der Waals surface area contributed by atoms with E-state index in [4.69, 9.17) is 34.8 Å². The Morgan fingerprint density at radius 2 is 1.62 bits per heavy atom. The Labute approximate surface area is 159 Å². The van der Waals surface area contributed by atoms with Gasteiger partial charge in [0.1, 0.15) is 0 Å². The summed E-state index contributed by atoms with van der Waals surface area (Å²) in [6.45, 7) is 0. The van der Waals surface area contributed by atoms with Crippen LogP contribution in [-0.2, 0) is 4.79 Å². The molecule has 0 radical (unpaired) electrons. The first-order valence-electron chi connectivity index (χ1n) is 7.09.